The third-order valence-corrected chi connectivity index (χ3v) is 6.91. The van der Waals surface area contributed by atoms with Gasteiger partial charge >= 0.3 is 12.1 Å². The van der Waals surface area contributed by atoms with Gasteiger partial charge in [-0.25, -0.2) is 9.78 Å². The molecular weight excluding hydrogens is 532 g/mol. The molecule has 0 radical (unpaired) electrons. The van der Waals surface area contributed by atoms with Gasteiger partial charge in [-0.15, -0.1) is 0 Å². The first-order valence-corrected chi connectivity index (χ1v) is 13.9. The number of aromatic nitrogens is 2. The highest BCUT2D eigenvalue weighted by Crippen LogP contribution is 2.22. The number of aliphatic carboxylic acids is 1. The van der Waals surface area contributed by atoms with Crippen molar-refractivity contribution >= 4 is 23.8 Å². The molecule has 4 rings (SSSR count). The molecule has 13 heteroatoms. The maximum absolute atomic E-state index is 13.7. The maximum Gasteiger partial charge on any atom is 0.410 e. The first kappa shape index (κ1) is 29.9. The van der Waals surface area contributed by atoms with E-state index in [1.807, 2.05) is 30.3 Å². The smallest absolute Gasteiger partial charge is 0.410 e. The highest BCUT2D eigenvalue weighted by atomic mass is 16.6. The number of ketones is 1. The average Bonchev–Trinajstić information content (AvgIpc) is 2.99. The van der Waals surface area contributed by atoms with E-state index in [1.54, 1.807) is 6.92 Å². The molecule has 0 spiro atoms. The molecule has 2 fully saturated rings. The van der Waals surface area contributed by atoms with Crippen LogP contribution >= 0.6 is 0 Å². The maximum atomic E-state index is 13.7. The number of nitrogens with zero attached hydrogens (tertiary/aromatic N) is 3. The molecule has 2 unspecified atom stereocenters. The zero-order valence-corrected chi connectivity index (χ0v) is 23.0. The topological polar surface area (TPSA) is 172 Å². The van der Waals surface area contributed by atoms with Crippen molar-refractivity contribution in [2.45, 2.75) is 50.8 Å². The molecule has 41 heavy (non-hydrogen) atoms. The van der Waals surface area contributed by atoms with Crippen molar-refractivity contribution in [3.63, 3.8) is 0 Å². The molecule has 1 aromatic heterocycles. The minimum Gasteiger partial charge on any atom is -0.481 e. The molecule has 13 nitrogen and oxygen atoms in total. The van der Waals surface area contributed by atoms with Crippen molar-refractivity contribution in [2.75, 3.05) is 39.3 Å². The lowest BCUT2D eigenvalue weighted by Gasteiger charge is -2.36. The van der Waals surface area contributed by atoms with Crippen LogP contribution in [0.15, 0.2) is 36.4 Å². The highest BCUT2D eigenvalue weighted by molar-refractivity contribution is 5.99. The summed E-state index contributed by atoms with van der Waals surface area (Å²) in [6.45, 7) is 4.28. The van der Waals surface area contributed by atoms with Crippen molar-refractivity contribution in [3.8, 4) is 17.3 Å². The van der Waals surface area contributed by atoms with Crippen LogP contribution in [-0.4, -0.2) is 101 Å². The van der Waals surface area contributed by atoms with Crippen LogP contribution in [-0.2, 0) is 14.3 Å². The number of benzene rings is 1. The largest absolute Gasteiger partial charge is 0.481 e. The molecule has 3 heterocycles. The van der Waals surface area contributed by atoms with Gasteiger partial charge in [0.15, 0.2) is 11.6 Å². The lowest BCUT2D eigenvalue weighted by atomic mass is 9.98. The molecule has 220 valence electrons. The Kier molecular flexibility index (Phi) is 10.6. The van der Waals surface area contributed by atoms with Crippen molar-refractivity contribution in [2.24, 2.45) is 0 Å². The Bertz CT molecular complexity index is 1220. The predicted molar refractivity (Wildman–Crippen MR) is 148 cm³/mol. The fraction of sp³-hybridized carbons (Fsp3) is 0.500. The fourth-order valence-corrected chi connectivity index (χ4v) is 4.80. The summed E-state index contributed by atoms with van der Waals surface area (Å²) >= 11 is 0. The molecule has 4 N–H and O–H groups in total. The Labute approximate surface area is 238 Å². The van der Waals surface area contributed by atoms with Crippen LogP contribution in [0.25, 0.3) is 11.4 Å². The Morgan fingerprint density at radius 3 is 2.56 bits per heavy atom. The second kappa shape index (κ2) is 14.5. The van der Waals surface area contributed by atoms with E-state index >= 15 is 0 Å². The number of Topliss-reactive ketones (excluding diaryl/α,β-unsaturated/α-hetero) is 1. The van der Waals surface area contributed by atoms with Gasteiger partial charge in [0.25, 0.3) is 5.91 Å². The van der Waals surface area contributed by atoms with Crippen LogP contribution in [0.4, 0.5) is 4.79 Å². The van der Waals surface area contributed by atoms with Crippen molar-refractivity contribution in [3.05, 3.63) is 42.1 Å². The zero-order chi connectivity index (χ0) is 29.2. The summed E-state index contributed by atoms with van der Waals surface area (Å²) in [5.74, 6) is -1.79. The van der Waals surface area contributed by atoms with Crippen molar-refractivity contribution < 1.29 is 33.8 Å². The number of carboxylic acid groups (broad SMARTS) is 1. The molecular formula is C28H36N6O7. The first-order chi connectivity index (χ1) is 19.9. The van der Waals surface area contributed by atoms with Crippen LogP contribution in [0.1, 0.15) is 43.1 Å². The number of nitrogens with one attached hydrogen (secondary N) is 3. The fourth-order valence-electron chi connectivity index (χ4n) is 4.80. The van der Waals surface area contributed by atoms with Crippen LogP contribution in [0, 0.1) is 0 Å². The van der Waals surface area contributed by atoms with E-state index in [1.165, 1.54) is 11.0 Å². The van der Waals surface area contributed by atoms with E-state index in [-0.39, 0.29) is 56.0 Å². The molecule has 2 atom stereocenters. The van der Waals surface area contributed by atoms with E-state index in [9.17, 15) is 24.3 Å². The summed E-state index contributed by atoms with van der Waals surface area (Å²) in [5, 5.41) is 18.3. The van der Waals surface area contributed by atoms with Gasteiger partial charge in [0.05, 0.1) is 12.6 Å². The van der Waals surface area contributed by atoms with E-state index in [4.69, 9.17) is 9.47 Å². The number of amides is 2. The van der Waals surface area contributed by atoms with Gasteiger partial charge < -0.3 is 30.5 Å². The van der Waals surface area contributed by atoms with Gasteiger partial charge in [-0.2, -0.15) is 4.98 Å². The van der Waals surface area contributed by atoms with E-state index in [2.05, 4.69) is 25.9 Å². The summed E-state index contributed by atoms with van der Waals surface area (Å²) in [6.07, 6.45) is 0.317. The summed E-state index contributed by atoms with van der Waals surface area (Å²) in [4.78, 5) is 61.4. The zero-order valence-electron chi connectivity index (χ0n) is 23.0. The van der Waals surface area contributed by atoms with Gasteiger partial charge in [-0.3, -0.25) is 19.3 Å². The van der Waals surface area contributed by atoms with Crippen LogP contribution < -0.4 is 20.7 Å². The number of ether oxygens (including phenoxy) is 2. The van der Waals surface area contributed by atoms with Gasteiger partial charge in [0, 0.05) is 37.7 Å². The Balaban J connectivity index is 1.60. The molecule has 0 bridgehead atoms. The molecule has 2 aliphatic rings. The van der Waals surface area contributed by atoms with Gasteiger partial charge in [-0.05, 0) is 39.3 Å². The normalized spacial score (nSPS) is 18.3. The minimum atomic E-state index is -1.19. The number of carbonyl (C=O) groups excluding carboxylic acids is 3. The summed E-state index contributed by atoms with van der Waals surface area (Å²) in [6, 6.07) is 8.42. The molecule has 2 amide bonds. The monoisotopic (exact) mass is 568 g/mol. The highest BCUT2D eigenvalue weighted by Gasteiger charge is 2.37. The number of piperidine rings is 1. The molecule has 2 aromatic rings. The van der Waals surface area contributed by atoms with Crippen LogP contribution in [0.2, 0.25) is 0 Å². The molecule has 2 aliphatic heterocycles. The lowest BCUT2D eigenvalue weighted by Crippen LogP contribution is -2.61. The Hall–Kier alpha value is -4.10. The van der Waals surface area contributed by atoms with Gasteiger partial charge in [0.1, 0.15) is 17.8 Å². The van der Waals surface area contributed by atoms with Crippen molar-refractivity contribution in [1.82, 2.24) is 30.8 Å². The molecule has 2 saturated heterocycles. The van der Waals surface area contributed by atoms with E-state index in [0.29, 0.717) is 12.1 Å². The minimum absolute atomic E-state index is 0.0278. The van der Waals surface area contributed by atoms with Crippen molar-refractivity contribution in [1.29, 1.82) is 0 Å². The van der Waals surface area contributed by atoms with Gasteiger partial charge in [-0.1, -0.05) is 30.3 Å². The third-order valence-electron chi connectivity index (χ3n) is 6.91. The number of rotatable bonds is 11. The van der Waals surface area contributed by atoms with Gasteiger partial charge in [0.2, 0.25) is 5.88 Å². The SMILES string of the molecule is CCOC(=O)N1CCNCC1C(=O)C(CCC(=O)O)NC(=O)c1cc(OC2CCNCC2)nc(-c2ccccc2)n1. The Morgan fingerprint density at radius 1 is 1.10 bits per heavy atom. The molecule has 0 saturated carbocycles. The third kappa shape index (κ3) is 8.21. The summed E-state index contributed by atoms with van der Waals surface area (Å²) in [5.41, 5.74) is 0.647. The standard InChI is InChI=1S/C28H36N6O7/c1-2-40-28(39)34-15-14-30-17-22(34)25(37)20(8-9-24(35)36)32-27(38)21-16-23(41-19-10-12-29-13-11-19)33-26(31-21)18-6-4-3-5-7-18/h3-7,16,19-20,22,29-30H,2,8-15,17H2,1H3,(H,32,38)(H,35,36). The first-order valence-electron chi connectivity index (χ1n) is 13.9. The van der Waals surface area contributed by atoms with E-state index < -0.39 is 35.8 Å². The second-order valence-corrected chi connectivity index (χ2v) is 9.82. The van der Waals surface area contributed by atoms with Crippen LogP contribution in [0.5, 0.6) is 5.88 Å². The predicted octanol–water partition coefficient (Wildman–Crippen LogP) is 1.24. The second-order valence-electron chi connectivity index (χ2n) is 9.82. The number of hydrogen-bond acceptors (Lipinski definition) is 10. The number of carboxylic acids is 1. The summed E-state index contributed by atoms with van der Waals surface area (Å²) < 4.78 is 11.2. The molecule has 0 aliphatic carbocycles. The van der Waals surface area contributed by atoms with E-state index in [0.717, 1.165) is 25.9 Å². The summed E-state index contributed by atoms with van der Waals surface area (Å²) in [7, 11) is 0. The number of piperazine rings is 1. The van der Waals surface area contributed by atoms with Crippen LogP contribution in [0.3, 0.4) is 0 Å². The average molecular weight is 569 g/mol. The number of carbonyl (C=O) groups is 4. The Morgan fingerprint density at radius 2 is 1.85 bits per heavy atom. The number of hydrogen-bond donors (Lipinski definition) is 4. The molecule has 1 aromatic carbocycles. The quantitative estimate of drug-likeness (QED) is 0.307. The lowest BCUT2D eigenvalue weighted by molar-refractivity contribution is -0.137.